The summed E-state index contributed by atoms with van der Waals surface area (Å²) in [5, 5.41) is 0. The van der Waals surface area contributed by atoms with Crippen LogP contribution in [0.5, 0.6) is 0 Å². The van der Waals surface area contributed by atoms with Crippen LogP contribution >= 0.6 is 0 Å². The average molecular weight is 312 g/mol. The standard InChI is InChI=1S/C18H20N2O3/c1-10-15(12-4-6-13(7-5-12)18(22)23-3)16(17(19)21)11(2)20(10)14-8-9-14/h4-7,14H,8-9H2,1-3H3,(H2,19,21). The molecule has 0 aliphatic heterocycles. The van der Waals surface area contributed by atoms with Crippen molar-refractivity contribution in [3.8, 4) is 11.1 Å². The fraction of sp³-hybridized carbons (Fsp3) is 0.333. The van der Waals surface area contributed by atoms with Gasteiger partial charge in [-0.3, -0.25) is 4.79 Å². The lowest BCUT2D eigenvalue weighted by Gasteiger charge is -2.08. The van der Waals surface area contributed by atoms with E-state index in [1.807, 2.05) is 26.0 Å². The Hall–Kier alpha value is -2.56. The van der Waals surface area contributed by atoms with Crippen LogP contribution in [0.15, 0.2) is 24.3 Å². The predicted octanol–water partition coefficient (Wildman–Crippen LogP) is 2.99. The molecule has 0 bridgehead atoms. The molecular weight excluding hydrogens is 292 g/mol. The number of methoxy groups -OCH3 is 1. The van der Waals surface area contributed by atoms with Crippen molar-refractivity contribution in [2.24, 2.45) is 5.73 Å². The van der Waals surface area contributed by atoms with Gasteiger partial charge >= 0.3 is 5.97 Å². The fourth-order valence-electron chi connectivity index (χ4n) is 3.28. The molecule has 1 heterocycles. The summed E-state index contributed by atoms with van der Waals surface area (Å²) in [5.41, 5.74) is 10.4. The molecule has 0 spiro atoms. The van der Waals surface area contributed by atoms with Crippen LogP contribution in [0.25, 0.3) is 11.1 Å². The minimum Gasteiger partial charge on any atom is -0.465 e. The molecule has 1 saturated carbocycles. The van der Waals surface area contributed by atoms with Crippen LogP contribution in [0.1, 0.15) is 51.0 Å². The third-order valence-corrected chi connectivity index (χ3v) is 4.45. The van der Waals surface area contributed by atoms with Gasteiger partial charge in [0.05, 0.1) is 18.2 Å². The summed E-state index contributed by atoms with van der Waals surface area (Å²) in [4.78, 5) is 23.5. The summed E-state index contributed by atoms with van der Waals surface area (Å²) in [6.45, 7) is 3.96. The summed E-state index contributed by atoms with van der Waals surface area (Å²) >= 11 is 0. The van der Waals surface area contributed by atoms with Gasteiger partial charge in [-0.05, 0) is 44.4 Å². The summed E-state index contributed by atoms with van der Waals surface area (Å²) < 4.78 is 6.93. The number of carbonyl (C=O) groups is 2. The monoisotopic (exact) mass is 312 g/mol. The highest BCUT2D eigenvalue weighted by atomic mass is 16.5. The SMILES string of the molecule is COC(=O)c1ccc(-c2c(C(N)=O)c(C)n(C3CC3)c2C)cc1. The van der Waals surface area contributed by atoms with E-state index in [0.29, 0.717) is 17.2 Å². The van der Waals surface area contributed by atoms with Gasteiger partial charge < -0.3 is 15.0 Å². The first kappa shape index (κ1) is 15.3. The van der Waals surface area contributed by atoms with E-state index in [1.165, 1.54) is 7.11 Å². The molecule has 2 aromatic rings. The van der Waals surface area contributed by atoms with E-state index in [-0.39, 0.29) is 5.97 Å². The Morgan fingerprint density at radius 2 is 1.74 bits per heavy atom. The molecular formula is C18H20N2O3. The molecule has 1 amide bonds. The number of primary amides is 1. The molecule has 0 unspecified atom stereocenters. The molecule has 120 valence electrons. The summed E-state index contributed by atoms with van der Waals surface area (Å²) in [7, 11) is 1.35. The number of nitrogens with two attached hydrogens (primary N) is 1. The van der Waals surface area contributed by atoms with Crippen molar-refractivity contribution in [1.82, 2.24) is 4.57 Å². The number of hydrogen-bond acceptors (Lipinski definition) is 3. The number of benzene rings is 1. The lowest BCUT2D eigenvalue weighted by atomic mass is 9.99. The number of esters is 1. The zero-order chi connectivity index (χ0) is 16.7. The molecule has 5 nitrogen and oxygen atoms in total. The summed E-state index contributed by atoms with van der Waals surface area (Å²) in [6.07, 6.45) is 2.27. The van der Waals surface area contributed by atoms with E-state index in [0.717, 1.165) is 35.4 Å². The molecule has 1 fully saturated rings. The zero-order valence-electron chi connectivity index (χ0n) is 13.6. The van der Waals surface area contributed by atoms with E-state index in [4.69, 9.17) is 10.5 Å². The predicted molar refractivity (Wildman–Crippen MR) is 87.5 cm³/mol. The number of carbonyl (C=O) groups excluding carboxylic acids is 2. The van der Waals surface area contributed by atoms with Gasteiger partial charge in [-0.25, -0.2) is 4.79 Å². The lowest BCUT2D eigenvalue weighted by Crippen LogP contribution is -2.13. The van der Waals surface area contributed by atoms with Crippen LogP contribution < -0.4 is 5.73 Å². The lowest BCUT2D eigenvalue weighted by molar-refractivity contribution is 0.0600. The van der Waals surface area contributed by atoms with E-state index >= 15 is 0 Å². The third kappa shape index (κ3) is 2.52. The first-order valence-corrected chi connectivity index (χ1v) is 7.65. The highest BCUT2D eigenvalue weighted by molar-refractivity contribution is 6.02. The largest absolute Gasteiger partial charge is 0.465 e. The van der Waals surface area contributed by atoms with Crippen LogP contribution in [0.2, 0.25) is 0 Å². The smallest absolute Gasteiger partial charge is 0.337 e. The van der Waals surface area contributed by atoms with Crippen molar-refractivity contribution in [2.45, 2.75) is 32.7 Å². The van der Waals surface area contributed by atoms with Gasteiger partial charge in [-0.2, -0.15) is 0 Å². The third-order valence-electron chi connectivity index (χ3n) is 4.45. The van der Waals surface area contributed by atoms with Crippen LogP contribution in [0.4, 0.5) is 0 Å². The van der Waals surface area contributed by atoms with Gasteiger partial charge in [0.25, 0.3) is 5.91 Å². The Balaban J connectivity index is 2.13. The normalized spacial score (nSPS) is 13.9. The van der Waals surface area contributed by atoms with Gasteiger partial charge in [-0.1, -0.05) is 12.1 Å². The molecule has 1 aromatic carbocycles. The molecule has 23 heavy (non-hydrogen) atoms. The highest BCUT2D eigenvalue weighted by Gasteiger charge is 2.31. The number of rotatable bonds is 4. The van der Waals surface area contributed by atoms with Crippen LogP contribution in [-0.2, 0) is 4.74 Å². The van der Waals surface area contributed by atoms with Crippen LogP contribution in [0.3, 0.4) is 0 Å². The summed E-state index contributed by atoms with van der Waals surface area (Å²) in [5.74, 6) is -0.799. The average Bonchev–Trinajstić information content (AvgIpc) is 3.32. The maximum Gasteiger partial charge on any atom is 0.337 e. The van der Waals surface area contributed by atoms with Crippen molar-refractivity contribution in [3.05, 3.63) is 46.8 Å². The van der Waals surface area contributed by atoms with Crippen molar-refractivity contribution in [3.63, 3.8) is 0 Å². The second kappa shape index (κ2) is 5.57. The van der Waals surface area contributed by atoms with E-state index in [2.05, 4.69) is 4.57 Å². The number of ether oxygens (including phenoxy) is 1. The number of hydrogen-bond donors (Lipinski definition) is 1. The van der Waals surface area contributed by atoms with Crippen LogP contribution in [0, 0.1) is 13.8 Å². The molecule has 1 aromatic heterocycles. The summed E-state index contributed by atoms with van der Waals surface area (Å²) in [6, 6.07) is 7.54. The number of amides is 1. The second-order valence-corrected chi connectivity index (χ2v) is 5.96. The maximum atomic E-state index is 12.0. The molecule has 2 N–H and O–H groups in total. The molecule has 0 radical (unpaired) electrons. The molecule has 0 saturated heterocycles. The Morgan fingerprint density at radius 3 is 2.22 bits per heavy atom. The zero-order valence-corrected chi connectivity index (χ0v) is 13.6. The van der Waals surface area contributed by atoms with Crippen molar-refractivity contribution in [2.75, 3.05) is 7.11 Å². The van der Waals surface area contributed by atoms with E-state index < -0.39 is 5.91 Å². The Kier molecular flexibility index (Phi) is 3.72. The van der Waals surface area contributed by atoms with Crippen LogP contribution in [-0.4, -0.2) is 23.6 Å². The molecule has 0 atom stereocenters. The molecule has 1 aliphatic carbocycles. The first-order valence-electron chi connectivity index (χ1n) is 7.65. The minimum absolute atomic E-state index is 0.380. The Morgan fingerprint density at radius 1 is 1.13 bits per heavy atom. The van der Waals surface area contributed by atoms with Gasteiger partial charge in [0.2, 0.25) is 0 Å². The fourth-order valence-corrected chi connectivity index (χ4v) is 3.28. The van der Waals surface area contributed by atoms with E-state index in [1.54, 1.807) is 12.1 Å². The van der Waals surface area contributed by atoms with Gasteiger partial charge in [0.1, 0.15) is 0 Å². The van der Waals surface area contributed by atoms with Gasteiger partial charge in [0.15, 0.2) is 0 Å². The molecule has 5 heteroatoms. The van der Waals surface area contributed by atoms with Gasteiger partial charge in [-0.15, -0.1) is 0 Å². The van der Waals surface area contributed by atoms with Crippen molar-refractivity contribution >= 4 is 11.9 Å². The molecule has 1 aliphatic rings. The topological polar surface area (TPSA) is 74.3 Å². The second-order valence-electron chi connectivity index (χ2n) is 5.96. The van der Waals surface area contributed by atoms with E-state index in [9.17, 15) is 9.59 Å². The highest BCUT2D eigenvalue weighted by Crippen LogP contribution is 2.42. The Bertz CT molecular complexity index is 784. The minimum atomic E-state index is -0.419. The van der Waals surface area contributed by atoms with Crippen molar-refractivity contribution < 1.29 is 14.3 Å². The van der Waals surface area contributed by atoms with Crippen molar-refractivity contribution in [1.29, 1.82) is 0 Å². The number of aromatic nitrogens is 1. The number of nitrogens with zero attached hydrogens (tertiary/aromatic N) is 1. The van der Waals surface area contributed by atoms with Gasteiger partial charge in [0, 0.05) is 23.0 Å². The Labute approximate surface area is 135 Å². The maximum absolute atomic E-state index is 12.0. The first-order chi connectivity index (χ1) is 11.0. The molecule has 3 rings (SSSR count). The quantitative estimate of drug-likeness (QED) is 0.882.